The molecular weight excluding hydrogens is 554 g/mol. The van der Waals surface area contributed by atoms with Crippen LogP contribution in [0, 0.1) is 0 Å². The van der Waals surface area contributed by atoms with Crippen LogP contribution in [0.5, 0.6) is 0 Å². The van der Waals surface area contributed by atoms with Crippen LogP contribution in [-0.2, 0) is 4.79 Å². The quantitative estimate of drug-likeness (QED) is 0.0475. The average molecular weight is 634 g/mol. The third kappa shape index (κ3) is 34.0. The molecule has 0 bridgehead atoms. The second kappa shape index (κ2) is 37.3. The minimum absolute atomic E-state index is 0.0805. The van der Waals surface area contributed by atoms with Gasteiger partial charge in [0.25, 0.3) is 0 Å². The van der Waals surface area contributed by atoms with E-state index in [2.05, 4.69) is 31.3 Å². The molecule has 2 unspecified atom stereocenters. The zero-order valence-electron chi connectivity index (χ0n) is 30.4. The number of hydrogen-bond donors (Lipinski definition) is 3. The van der Waals surface area contributed by atoms with Crippen LogP contribution in [0.25, 0.3) is 0 Å². The van der Waals surface area contributed by atoms with Gasteiger partial charge in [0.2, 0.25) is 5.91 Å². The summed E-state index contributed by atoms with van der Waals surface area (Å²) in [5, 5.41) is 22.8. The molecule has 0 aromatic rings. The number of amides is 1. The summed E-state index contributed by atoms with van der Waals surface area (Å²) >= 11 is 0. The van der Waals surface area contributed by atoms with E-state index in [-0.39, 0.29) is 12.5 Å². The van der Waals surface area contributed by atoms with Gasteiger partial charge in [-0.2, -0.15) is 0 Å². The van der Waals surface area contributed by atoms with Gasteiger partial charge in [-0.3, -0.25) is 4.79 Å². The Hall–Kier alpha value is -1.13. The highest BCUT2D eigenvalue weighted by molar-refractivity contribution is 5.76. The summed E-state index contributed by atoms with van der Waals surface area (Å²) in [6, 6.07) is -0.631. The first-order valence-electron chi connectivity index (χ1n) is 20.1. The smallest absolute Gasteiger partial charge is 0.220 e. The highest BCUT2D eigenvalue weighted by Crippen LogP contribution is 2.15. The zero-order valence-corrected chi connectivity index (χ0v) is 30.4. The average Bonchev–Trinajstić information content (AvgIpc) is 3.04. The molecule has 1 amide bonds. The molecule has 0 saturated carbocycles. The fourth-order valence-electron chi connectivity index (χ4n) is 6.08. The third-order valence-electron chi connectivity index (χ3n) is 9.19. The Labute approximate surface area is 281 Å². The van der Waals surface area contributed by atoms with Gasteiger partial charge in [0.1, 0.15) is 0 Å². The van der Waals surface area contributed by atoms with E-state index in [1.807, 2.05) is 6.08 Å². The number of aliphatic hydroxyl groups is 2. The van der Waals surface area contributed by atoms with E-state index in [1.165, 1.54) is 161 Å². The van der Waals surface area contributed by atoms with Crippen LogP contribution in [0.3, 0.4) is 0 Å². The van der Waals surface area contributed by atoms with Crippen LogP contribution in [0.15, 0.2) is 24.3 Å². The molecule has 0 radical (unpaired) electrons. The third-order valence-corrected chi connectivity index (χ3v) is 9.19. The van der Waals surface area contributed by atoms with Crippen molar-refractivity contribution >= 4 is 5.91 Å². The molecule has 0 aliphatic heterocycles. The molecular formula is C41H79NO3. The summed E-state index contributed by atoms with van der Waals surface area (Å²) in [5.74, 6) is -0.0805. The maximum absolute atomic E-state index is 12.2. The first-order chi connectivity index (χ1) is 22.2. The van der Waals surface area contributed by atoms with Crippen molar-refractivity contribution < 1.29 is 15.0 Å². The van der Waals surface area contributed by atoms with Gasteiger partial charge < -0.3 is 15.5 Å². The van der Waals surface area contributed by atoms with Gasteiger partial charge in [-0.05, 0) is 32.1 Å². The maximum atomic E-state index is 12.2. The molecule has 3 N–H and O–H groups in total. The van der Waals surface area contributed by atoms with Crippen LogP contribution in [0.4, 0.5) is 0 Å². The molecule has 0 fully saturated rings. The van der Waals surface area contributed by atoms with E-state index in [4.69, 9.17) is 0 Å². The molecule has 0 heterocycles. The highest BCUT2D eigenvalue weighted by Gasteiger charge is 2.17. The van der Waals surface area contributed by atoms with E-state index in [0.29, 0.717) is 6.42 Å². The van der Waals surface area contributed by atoms with Gasteiger partial charge in [-0.1, -0.05) is 199 Å². The van der Waals surface area contributed by atoms with Gasteiger partial charge in [0, 0.05) is 6.42 Å². The number of rotatable bonds is 36. The number of carbonyl (C=O) groups excluding carboxylic acids is 1. The monoisotopic (exact) mass is 634 g/mol. The van der Waals surface area contributed by atoms with E-state index >= 15 is 0 Å². The van der Waals surface area contributed by atoms with Crippen LogP contribution in [-0.4, -0.2) is 34.9 Å². The first-order valence-corrected chi connectivity index (χ1v) is 20.1. The van der Waals surface area contributed by atoms with Gasteiger partial charge in [0.05, 0.1) is 18.8 Å². The molecule has 0 aromatic heterocycles. The van der Waals surface area contributed by atoms with E-state index in [0.717, 1.165) is 32.1 Å². The van der Waals surface area contributed by atoms with Gasteiger partial charge in [0.15, 0.2) is 0 Å². The fourth-order valence-corrected chi connectivity index (χ4v) is 6.08. The van der Waals surface area contributed by atoms with Crippen LogP contribution >= 0.6 is 0 Å². The van der Waals surface area contributed by atoms with Crippen LogP contribution < -0.4 is 5.32 Å². The Morgan fingerprint density at radius 2 is 0.867 bits per heavy atom. The van der Waals surface area contributed by atoms with E-state index in [1.54, 1.807) is 6.08 Å². The predicted molar refractivity (Wildman–Crippen MR) is 198 cm³/mol. The van der Waals surface area contributed by atoms with Gasteiger partial charge in [-0.25, -0.2) is 0 Å². The topological polar surface area (TPSA) is 69.6 Å². The number of carbonyl (C=O) groups is 1. The predicted octanol–water partition coefficient (Wildman–Crippen LogP) is 12.1. The van der Waals surface area contributed by atoms with Crippen molar-refractivity contribution in [3.63, 3.8) is 0 Å². The second-order valence-corrected chi connectivity index (χ2v) is 13.7. The Kier molecular flexibility index (Phi) is 36.4. The zero-order chi connectivity index (χ0) is 32.9. The van der Waals surface area contributed by atoms with Crippen molar-refractivity contribution in [2.75, 3.05) is 6.61 Å². The first kappa shape index (κ1) is 43.9. The number of unbranched alkanes of at least 4 members (excludes halogenated alkanes) is 27. The normalized spacial score (nSPS) is 13.2. The molecule has 0 aliphatic rings. The van der Waals surface area contributed by atoms with Crippen molar-refractivity contribution in [3.05, 3.63) is 24.3 Å². The van der Waals surface area contributed by atoms with Gasteiger partial charge >= 0.3 is 0 Å². The Morgan fingerprint density at radius 3 is 1.29 bits per heavy atom. The standard InChI is InChI=1S/C41H79NO3/c1-3-5-7-9-11-12-13-14-15-16-17-18-19-20-21-22-23-24-25-26-27-28-29-31-32-34-36-40(44)39(38-43)42-41(45)37-35-33-30-10-8-6-4-2/h28-29,34,36,39-40,43-44H,3-27,30-33,35,37-38H2,1-2H3,(H,42,45)/b29-28+,36-34+. The molecule has 0 spiro atoms. The fraction of sp³-hybridized carbons (Fsp3) is 0.878. The number of hydrogen-bond acceptors (Lipinski definition) is 3. The second-order valence-electron chi connectivity index (χ2n) is 13.7. The van der Waals surface area contributed by atoms with Crippen molar-refractivity contribution in [1.82, 2.24) is 5.32 Å². The maximum Gasteiger partial charge on any atom is 0.220 e. The van der Waals surface area contributed by atoms with Crippen molar-refractivity contribution in [3.8, 4) is 0 Å². The Bertz CT molecular complexity index is 647. The lowest BCUT2D eigenvalue weighted by Gasteiger charge is -2.19. The Balaban J connectivity index is 3.50. The van der Waals surface area contributed by atoms with E-state index in [9.17, 15) is 15.0 Å². The molecule has 2 atom stereocenters. The van der Waals surface area contributed by atoms with Crippen LogP contribution in [0.2, 0.25) is 0 Å². The van der Waals surface area contributed by atoms with Gasteiger partial charge in [-0.15, -0.1) is 0 Å². The summed E-state index contributed by atoms with van der Waals surface area (Å²) in [4.78, 5) is 12.2. The molecule has 0 saturated heterocycles. The summed E-state index contributed by atoms with van der Waals surface area (Å²) in [7, 11) is 0. The molecule has 4 heteroatoms. The summed E-state index contributed by atoms with van der Waals surface area (Å²) in [6.45, 7) is 4.25. The molecule has 266 valence electrons. The minimum atomic E-state index is -0.855. The van der Waals surface area contributed by atoms with E-state index < -0.39 is 12.1 Å². The lowest BCUT2D eigenvalue weighted by molar-refractivity contribution is -0.123. The SMILES string of the molecule is CCCCCCCCCCCCCCCCCCCCCC/C=C/CC/C=C/C(O)C(CO)NC(=O)CCCCCCCCC. The number of nitrogens with one attached hydrogen (secondary N) is 1. The van der Waals surface area contributed by atoms with Crippen molar-refractivity contribution in [2.24, 2.45) is 0 Å². The highest BCUT2D eigenvalue weighted by atomic mass is 16.3. The molecule has 0 aliphatic carbocycles. The lowest BCUT2D eigenvalue weighted by atomic mass is 10.0. The molecule has 0 aromatic carbocycles. The van der Waals surface area contributed by atoms with Crippen LogP contribution in [0.1, 0.15) is 213 Å². The molecule has 4 nitrogen and oxygen atoms in total. The molecule has 45 heavy (non-hydrogen) atoms. The Morgan fingerprint density at radius 1 is 0.511 bits per heavy atom. The van der Waals surface area contributed by atoms with Crippen molar-refractivity contribution in [2.45, 2.75) is 225 Å². The summed E-state index contributed by atoms with van der Waals surface area (Å²) in [6.07, 6.45) is 47.3. The number of aliphatic hydroxyl groups excluding tert-OH is 2. The number of allylic oxidation sites excluding steroid dienone is 3. The molecule has 0 rings (SSSR count). The summed E-state index contributed by atoms with van der Waals surface area (Å²) < 4.78 is 0. The lowest BCUT2D eigenvalue weighted by Crippen LogP contribution is -2.45. The largest absolute Gasteiger partial charge is 0.394 e. The van der Waals surface area contributed by atoms with Crippen molar-refractivity contribution in [1.29, 1.82) is 0 Å². The minimum Gasteiger partial charge on any atom is -0.394 e. The summed E-state index contributed by atoms with van der Waals surface area (Å²) in [5.41, 5.74) is 0.